The Morgan fingerprint density at radius 2 is 0.821 bits per heavy atom. The van der Waals surface area contributed by atoms with Crippen LogP contribution in [0.2, 0.25) is 0 Å². The number of rotatable bonds is 11. The molecule has 15 aromatic rings. The van der Waals surface area contributed by atoms with Gasteiger partial charge in [0.2, 0.25) is 0 Å². The van der Waals surface area contributed by atoms with E-state index in [0.717, 1.165) is 46.4 Å². The Morgan fingerprint density at radius 3 is 1.45 bits per heavy atom. The highest BCUT2D eigenvalue weighted by Gasteiger charge is 2.44. The van der Waals surface area contributed by atoms with Gasteiger partial charge in [-0.15, -0.1) is 0 Å². The number of hydrogen-bond acceptors (Lipinski definition) is 0. The van der Waals surface area contributed by atoms with E-state index in [-0.39, 0.29) is 5.41 Å². The highest BCUT2D eigenvalue weighted by Crippen LogP contribution is 2.54. The summed E-state index contributed by atoms with van der Waals surface area (Å²) in [4.78, 5) is 3.64. The van der Waals surface area contributed by atoms with Crippen molar-refractivity contribution in [3.63, 3.8) is 0 Å². The minimum absolute atomic E-state index is 0.338. The Kier molecular flexibility index (Phi) is 11.4. The van der Waals surface area contributed by atoms with Crippen molar-refractivity contribution in [2.45, 2.75) is 32.1 Å². The maximum absolute atomic E-state index is 4.07. The lowest BCUT2D eigenvalue weighted by Crippen LogP contribution is -2.31. The molecule has 0 spiro atoms. The number of aryl methyl sites for hydroxylation is 2. The molecule has 0 aliphatic heterocycles. The van der Waals surface area contributed by atoms with E-state index in [1.54, 1.807) is 0 Å². The van der Waals surface area contributed by atoms with Crippen molar-refractivity contribution in [3.05, 3.63) is 312 Å². The first kappa shape index (κ1) is 49.3. The molecule has 12 aromatic carbocycles. The fourth-order valence-corrected chi connectivity index (χ4v) is 14.2. The quantitative estimate of drug-likeness (QED) is 0.134. The summed E-state index contributed by atoms with van der Waals surface area (Å²) >= 11 is 0. The molecular formula is C81H59N3. The molecule has 0 fully saturated rings. The normalized spacial score (nSPS) is 12.7. The Morgan fingerprint density at radius 1 is 0.345 bits per heavy atom. The summed E-state index contributed by atoms with van der Waals surface area (Å²) < 4.78 is 4.90. The van der Waals surface area contributed by atoms with Gasteiger partial charge in [0.05, 0.1) is 22.1 Å². The number of aromatic nitrogens is 3. The zero-order valence-corrected chi connectivity index (χ0v) is 47.1. The SMILES string of the molecule is C=Cc1ccc(CC2(Cc3ccc(C=C)cc3)c3cc(C)ccc3-c3ccc(-c4cc(C)cc(-n5c6ccc(-c7ccc8[nH]c9ccccc9c8c7)cc6c6cc(-c7ccc8c(c7)c7ccccc7n8-c7ccccc7)ccc65)c4)cc32)cc1. The van der Waals surface area contributed by atoms with Crippen molar-refractivity contribution in [1.82, 2.24) is 14.1 Å². The van der Waals surface area contributed by atoms with Crippen LogP contribution in [0.15, 0.2) is 268 Å². The lowest BCUT2D eigenvalue weighted by molar-refractivity contribution is 0.520. The van der Waals surface area contributed by atoms with E-state index in [1.807, 2.05) is 12.2 Å². The van der Waals surface area contributed by atoms with Crippen LogP contribution in [0.4, 0.5) is 0 Å². The number of nitrogens with one attached hydrogen (secondary N) is 1. The first-order chi connectivity index (χ1) is 41.3. The average molecular weight is 1070 g/mol. The standard InChI is InChI=1S/C81H59N3/c1-5-53-21-25-55(26-22-53)49-81(50-56-27-23-54(6-2)24-28-56)73-42-51(3)20-34-65(73)66-35-29-61(48-74(66)81)62-40-52(4)41-64(43-62)84-79-38-32-59(57-30-36-76-69(44-57)67-16-10-12-18-75(67)82-76)46-71(79)72-47-60(33-39-80(72)84)58-31-37-78-70(45-58)68-17-11-13-19-77(68)83(78)63-14-8-7-9-15-63/h5-48,82H,1-2,49-50H2,3-4H3. The highest BCUT2D eigenvalue weighted by molar-refractivity contribution is 6.14. The maximum Gasteiger partial charge on any atom is 0.0541 e. The third-order valence-corrected chi connectivity index (χ3v) is 18.2. The van der Waals surface area contributed by atoms with E-state index in [9.17, 15) is 0 Å². The van der Waals surface area contributed by atoms with Gasteiger partial charge < -0.3 is 14.1 Å². The summed E-state index contributed by atoms with van der Waals surface area (Å²) in [6.07, 6.45) is 5.57. The van der Waals surface area contributed by atoms with E-state index < -0.39 is 0 Å². The van der Waals surface area contributed by atoms with Crippen LogP contribution in [0.25, 0.3) is 133 Å². The summed E-state index contributed by atoms with van der Waals surface area (Å²) in [6, 6.07) is 95.8. The van der Waals surface area contributed by atoms with Gasteiger partial charge >= 0.3 is 0 Å². The molecule has 1 aliphatic rings. The second-order valence-corrected chi connectivity index (χ2v) is 23.3. The van der Waals surface area contributed by atoms with Gasteiger partial charge in [-0.1, -0.05) is 195 Å². The fourth-order valence-electron chi connectivity index (χ4n) is 14.2. The van der Waals surface area contributed by atoms with E-state index in [1.165, 1.54) is 132 Å². The molecule has 3 aromatic heterocycles. The third kappa shape index (κ3) is 7.95. The number of para-hydroxylation sites is 3. The number of hydrogen-bond donors (Lipinski definition) is 1. The highest BCUT2D eigenvalue weighted by atomic mass is 15.0. The Bertz CT molecular complexity index is 5120. The van der Waals surface area contributed by atoms with Crippen LogP contribution in [0.5, 0.6) is 0 Å². The largest absolute Gasteiger partial charge is 0.355 e. The van der Waals surface area contributed by atoms with Crippen LogP contribution in [0, 0.1) is 13.8 Å². The fraction of sp³-hybridized carbons (Fsp3) is 0.0617. The number of aromatic amines is 1. The molecule has 3 heterocycles. The number of nitrogens with zero attached hydrogens (tertiary/aromatic N) is 2. The minimum atomic E-state index is -0.338. The van der Waals surface area contributed by atoms with Crippen LogP contribution in [-0.4, -0.2) is 14.1 Å². The summed E-state index contributed by atoms with van der Waals surface area (Å²) in [7, 11) is 0. The lowest BCUT2D eigenvalue weighted by Gasteiger charge is -2.33. The first-order valence-electron chi connectivity index (χ1n) is 29.3. The van der Waals surface area contributed by atoms with Gasteiger partial charge in [0.15, 0.2) is 0 Å². The predicted molar refractivity (Wildman–Crippen MR) is 357 cm³/mol. The first-order valence-corrected chi connectivity index (χ1v) is 29.3. The van der Waals surface area contributed by atoms with Gasteiger partial charge in [-0.25, -0.2) is 0 Å². The predicted octanol–water partition coefficient (Wildman–Crippen LogP) is 21.2. The summed E-state index contributed by atoms with van der Waals surface area (Å²) in [5, 5.41) is 7.38. The van der Waals surface area contributed by atoms with E-state index in [4.69, 9.17) is 0 Å². The molecule has 0 saturated carbocycles. The van der Waals surface area contributed by atoms with Gasteiger partial charge in [0, 0.05) is 60.1 Å². The molecule has 0 unspecified atom stereocenters. The Labute approximate surface area is 489 Å². The van der Waals surface area contributed by atoms with Gasteiger partial charge in [0.1, 0.15) is 0 Å². The third-order valence-electron chi connectivity index (χ3n) is 18.2. The molecular weight excluding hydrogens is 1010 g/mol. The lowest BCUT2D eigenvalue weighted by atomic mass is 9.69. The molecule has 0 radical (unpaired) electrons. The van der Waals surface area contributed by atoms with Crippen molar-refractivity contribution >= 4 is 77.6 Å². The topological polar surface area (TPSA) is 25.6 Å². The summed E-state index contributed by atoms with van der Waals surface area (Å²) in [5.41, 5.74) is 28.9. The molecule has 398 valence electrons. The van der Waals surface area contributed by atoms with Gasteiger partial charge in [0.25, 0.3) is 0 Å². The monoisotopic (exact) mass is 1070 g/mol. The second kappa shape index (κ2) is 19.3. The maximum atomic E-state index is 4.07. The van der Waals surface area contributed by atoms with Crippen molar-refractivity contribution in [2.75, 3.05) is 0 Å². The number of benzene rings is 12. The second-order valence-electron chi connectivity index (χ2n) is 23.3. The van der Waals surface area contributed by atoms with Crippen LogP contribution in [0.1, 0.15) is 44.5 Å². The molecule has 3 nitrogen and oxygen atoms in total. The molecule has 1 N–H and O–H groups in total. The van der Waals surface area contributed by atoms with Crippen molar-refractivity contribution in [1.29, 1.82) is 0 Å². The summed E-state index contributed by atoms with van der Waals surface area (Å²) in [6.45, 7) is 12.6. The molecule has 0 bridgehead atoms. The Balaban J connectivity index is 0.871. The number of fused-ring (bicyclic) bond motifs is 12. The van der Waals surface area contributed by atoms with E-state index >= 15 is 0 Å². The molecule has 0 saturated heterocycles. The minimum Gasteiger partial charge on any atom is -0.355 e. The van der Waals surface area contributed by atoms with Crippen LogP contribution in [0.3, 0.4) is 0 Å². The molecule has 3 heteroatoms. The average Bonchev–Trinajstić information content (AvgIpc) is 3.64. The molecule has 0 amide bonds. The zero-order chi connectivity index (χ0) is 56.2. The van der Waals surface area contributed by atoms with Crippen LogP contribution in [-0.2, 0) is 18.3 Å². The molecule has 16 rings (SSSR count). The van der Waals surface area contributed by atoms with Gasteiger partial charge in [-0.3, -0.25) is 0 Å². The van der Waals surface area contributed by atoms with Gasteiger partial charge in [-0.05, 0) is 201 Å². The zero-order valence-electron chi connectivity index (χ0n) is 47.1. The Hall–Kier alpha value is -10.5. The van der Waals surface area contributed by atoms with Crippen molar-refractivity contribution in [3.8, 4) is 55.9 Å². The molecule has 84 heavy (non-hydrogen) atoms. The molecule has 0 atom stereocenters. The number of H-pyrrole nitrogens is 1. The van der Waals surface area contributed by atoms with Crippen LogP contribution >= 0.6 is 0 Å². The van der Waals surface area contributed by atoms with E-state index in [0.29, 0.717) is 0 Å². The van der Waals surface area contributed by atoms with Crippen molar-refractivity contribution in [2.24, 2.45) is 0 Å². The van der Waals surface area contributed by atoms with Gasteiger partial charge in [-0.2, -0.15) is 0 Å². The van der Waals surface area contributed by atoms with E-state index in [2.05, 4.69) is 296 Å². The summed E-state index contributed by atoms with van der Waals surface area (Å²) in [5.74, 6) is 0. The molecule has 1 aliphatic carbocycles. The van der Waals surface area contributed by atoms with Crippen LogP contribution < -0.4 is 0 Å². The van der Waals surface area contributed by atoms with Crippen molar-refractivity contribution < 1.29 is 0 Å². The smallest absolute Gasteiger partial charge is 0.0541 e.